The molecule has 82 valence electrons. The molecule has 1 aromatic rings. The van der Waals surface area contributed by atoms with Crippen LogP contribution in [0.2, 0.25) is 0 Å². The van der Waals surface area contributed by atoms with E-state index < -0.39 is 17.9 Å². The van der Waals surface area contributed by atoms with Gasteiger partial charge in [-0.2, -0.15) is 0 Å². The van der Waals surface area contributed by atoms with E-state index in [-0.39, 0.29) is 5.76 Å². The first-order chi connectivity index (χ1) is 7.04. The van der Waals surface area contributed by atoms with Crippen LogP contribution >= 0.6 is 0 Å². The van der Waals surface area contributed by atoms with Crippen LogP contribution in [0.25, 0.3) is 0 Å². The summed E-state index contributed by atoms with van der Waals surface area (Å²) in [7, 11) is 0. The molecule has 1 heterocycles. The molecular formula is C10H13NO4. The minimum atomic E-state index is -1.08. The van der Waals surface area contributed by atoms with Gasteiger partial charge in [-0.15, -0.1) is 0 Å². The van der Waals surface area contributed by atoms with Crippen molar-refractivity contribution in [3.8, 4) is 0 Å². The normalized spacial score (nSPS) is 12.1. The smallest absolute Gasteiger partial charge is 0.325 e. The SMILES string of the molecule is CCc1ccc(C(=O)N[C@@H](C)C(=O)O)o1. The number of nitrogens with one attached hydrogen (secondary N) is 1. The predicted molar refractivity (Wildman–Crippen MR) is 52.7 cm³/mol. The number of carbonyl (C=O) groups is 2. The monoisotopic (exact) mass is 211 g/mol. The van der Waals surface area contributed by atoms with Crippen LogP contribution in [0.4, 0.5) is 0 Å². The molecule has 2 N–H and O–H groups in total. The van der Waals surface area contributed by atoms with Crippen LogP contribution in [0.1, 0.15) is 30.2 Å². The molecule has 1 rings (SSSR count). The number of carboxylic acids is 1. The lowest BCUT2D eigenvalue weighted by atomic mass is 10.3. The number of rotatable bonds is 4. The van der Waals surface area contributed by atoms with Crippen molar-refractivity contribution in [2.24, 2.45) is 0 Å². The maximum atomic E-state index is 11.4. The molecule has 0 spiro atoms. The Morgan fingerprint density at radius 1 is 1.53 bits per heavy atom. The van der Waals surface area contributed by atoms with Gasteiger partial charge in [0.05, 0.1) is 0 Å². The number of furan rings is 1. The Morgan fingerprint density at radius 2 is 2.20 bits per heavy atom. The molecule has 1 aromatic heterocycles. The van der Waals surface area contributed by atoms with Crippen LogP contribution in [-0.4, -0.2) is 23.0 Å². The van der Waals surface area contributed by atoms with Crippen molar-refractivity contribution >= 4 is 11.9 Å². The van der Waals surface area contributed by atoms with E-state index in [9.17, 15) is 9.59 Å². The fourth-order valence-electron chi connectivity index (χ4n) is 1.02. The topological polar surface area (TPSA) is 79.5 Å². The summed E-state index contributed by atoms with van der Waals surface area (Å²) in [6, 6.07) is 2.30. The first kappa shape index (κ1) is 11.3. The summed E-state index contributed by atoms with van der Waals surface area (Å²) in [5.74, 6) is -0.752. The zero-order chi connectivity index (χ0) is 11.4. The average Bonchev–Trinajstić information content (AvgIpc) is 2.65. The number of amides is 1. The highest BCUT2D eigenvalue weighted by molar-refractivity contribution is 5.94. The van der Waals surface area contributed by atoms with E-state index in [2.05, 4.69) is 5.32 Å². The molecule has 5 heteroatoms. The maximum absolute atomic E-state index is 11.4. The summed E-state index contributed by atoms with van der Waals surface area (Å²) in [6.45, 7) is 3.30. The van der Waals surface area contributed by atoms with E-state index >= 15 is 0 Å². The first-order valence-corrected chi connectivity index (χ1v) is 4.67. The predicted octanol–water partition coefficient (Wildman–Crippen LogP) is 1.04. The molecule has 0 aromatic carbocycles. The van der Waals surface area contributed by atoms with Gasteiger partial charge in [-0.1, -0.05) is 6.92 Å². The van der Waals surface area contributed by atoms with Crippen molar-refractivity contribution < 1.29 is 19.1 Å². The molecule has 0 unspecified atom stereocenters. The third-order valence-corrected chi connectivity index (χ3v) is 1.95. The van der Waals surface area contributed by atoms with Crippen molar-refractivity contribution in [3.63, 3.8) is 0 Å². The van der Waals surface area contributed by atoms with E-state index in [0.717, 1.165) is 0 Å². The lowest BCUT2D eigenvalue weighted by Crippen LogP contribution is -2.38. The van der Waals surface area contributed by atoms with E-state index in [1.165, 1.54) is 13.0 Å². The van der Waals surface area contributed by atoms with Crippen LogP contribution in [0, 0.1) is 0 Å². The number of carboxylic acid groups (broad SMARTS) is 1. The molecule has 1 amide bonds. The molecule has 0 saturated carbocycles. The van der Waals surface area contributed by atoms with Crippen molar-refractivity contribution in [3.05, 3.63) is 23.7 Å². The Kier molecular flexibility index (Phi) is 3.49. The highest BCUT2D eigenvalue weighted by atomic mass is 16.4. The average molecular weight is 211 g/mol. The van der Waals surface area contributed by atoms with Crippen LogP contribution in [-0.2, 0) is 11.2 Å². The Hall–Kier alpha value is -1.78. The third-order valence-electron chi connectivity index (χ3n) is 1.95. The Bertz CT molecular complexity index is 369. The number of carbonyl (C=O) groups excluding carboxylic acids is 1. The molecule has 15 heavy (non-hydrogen) atoms. The molecule has 0 aliphatic rings. The Morgan fingerprint density at radius 3 is 2.67 bits per heavy atom. The molecule has 1 atom stereocenters. The highest BCUT2D eigenvalue weighted by Crippen LogP contribution is 2.08. The summed E-state index contributed by atoms with van der Waals surface area (Å²) in [6.07, 6.45) is 0.696. The summed E-state index contributed by atoms with van der Waals surface area (Å²) >= 11 is 0. The number of hydrogen-bond acceptors (Lipinski definition) is 3. The number of aryl methyl sites for hydroxylation is 1. The Labute approximate surface area is 87.1 Å². The second-order valence-electron chi connectivity index (χ2n) is 3.15. The second kappa shape index (κ2) is 4.63. The minimum absolute atomic E-state index is 0.139. The van der Waals surface area contributed by atoms with Crippen molar-refractivity contribution in [1.29, 1.82) is 0 Å². The van der Waals surface area contributed by atoms with E-state index in [4.69, 9.17) is 9.52 Å². The van der Waals surface area contributed by atoms with Gasteiger partial charge in [-0.05, 0) is 19.1 Å². The van der Waals surface area contributed by atoms with E-state index in [1.54, 1.807) is 6.07 Å². The van der Waals surface area contributed by atoms with Gasteiger partial charge in [-0.25, -0.2) is 0 Å². The van der Waals surface area contributed by atoms with Gasteiger partial charge in [0.15, 0.2) is 5.76 Å². The lowest BCUT2D eigenvalue weighted by molar-refractivity contribution is -0.138. The van der Waals surface area contributed by atoms with Crippen molar-refractivity contribution in [2.75, 3.05) is 0 Å². The van der Waals surface area contributed by atoms with Crippen LogP contribution < -0.4 is 5.32 Å². The summed E-state index contributed by atoms with van der Waals surface area (Å²) in [5.41, 5.74) is 0. The quantitative estimate of drug-likeness (QED) is 0.780. The number of hydrogen-bond donors (Lipinski definition) is 2. The zero-order valence-electron chi connectivity index (χ0n) is 8.61. The van der Waals surface area contributed by atoms with Gasteiger partial charge in [-0.3, -0.25) is 9.59 Å². The van der Waals surface area contributed by atoms with Crippen molar-refractivity contribution in [1.82, 2.24) is 5.32 Å². The molecular weight excluding hydrogens is 198 g/mol. The first-order valence-electron chi connectivity index (χ1n) is 4.67. The Balaban J connectivity index is 2.65. The standard InChI is InChI=1S/C10H13NO4/c1-3-7-4-5-8(15-7)9(12)11-6(2)10(13)14/h4-6H,3H2,1-2H3,(H,11,12)(H,13,14)/t6-/m0/s1. The fraction of sp³-hybridized carbons (Fsp3) is 0.400. The molecule has 0 bridgehead atoms. The number of aliphatic carboxylic acids is 1. The van der Waals surface area contributed by atoms with Gasteiger partial charge in [0.2, 0.25) is 0 Å². The molecule has 5 nitrogen and oxygen atoms in total. The molecule has 0 saturated heterocycles. The van der Waals surface area contributed by atoms with Crippen LogP contribution in [0.5, 0.6) is 0 Å². The third kappa shape index (κ3) is 2.83. The van der Waals surface area contributed by atoms with Gasteiger partial charge < -0.3 is 14.8 Å². The van der Waals surface area contributed by atoms with Crippen LogP contribution in [0.3, 0.4) is 0 Å². The summed E-state index contributed by atoms with van der Waals surface area (Å²) in [4.78, 5) is 21.9. The van der Waals surface area contributed by atoms with Gasteiger partial charge >= 0.3 is 5.97 Å². The summed E-state index contributed by atoms with van der Waals surface area (Å²) < 4.78 is 5.17. The van der Waals surface area contributed by atoms with E-state index in [0.29, 0.717) is 12.2 Å². The maximum Gasteiger partial charge on any atom is 0.325 e. The lowest BCUT2D eigenvalue weighted by Gasteiger charge is -2.06. The highest BCUT2D eigenvalue weighted by Gasteiger charge is 2.17. The van der Waals surface area contributed by atoms with Gasteiger partial charge in [0.1, 0.15) is 11.8 Å². The van der Waals surface area contributed by atoms with E-state index in [1.807, 2.05) is 6.92 Å². The summed E-state index contributed by atoms with van der Waals surface area (Å²) in [5, 5.41) is 10.9. The van der Waals surface area contributed by atoms with Crippen molar-refractivity contribution in [2.45, 2.75) is 26.3 Å². The largest absolute Gasteiger partial charge is 0.480 e. The molecule has 0 fully saturated rings. The minimum Gasteiger partial charge on any atom is -0.480 e. The van der Waals surface area contributed by atoms with Crippen LogP contribution in [0.15, 0.2) is 16.5 Å². The molecule has 0 aliphatic heterocycles. The van der Waals surface area contributed by atoms with Gasteiger partial charge in [0, 0.05) is 6.42 Å². The van der Waals surface area contributed by atoms with Gasteiger partial charge in [0.25, 0.3) is 5.91 Å². The molecule has 0 radical (unpaired) electrons. The zero-order valence-corrected chi connectivity index (χ0v) is 8.61. The fourth-order valence-corrected chi connectivity index (χ4v) is 1.02. The molecule has 0 aliphatic carbocycles. The second-order valence-corrected chi connectivity index (χ2v) is 3.15.